The number of aromatic nitrogens is 4. The van der Waals surface area contributed by atoms with E-state index in [1.165, 1.54) is 0 Å². The molecule has 0 atom stereocenters. The van der Waals surface area contributed by atoms with Crippen LogP contribution in [0, 0.1) is 20.8 Å². The lowest BCUT2D eigenvalue weighted by Gasteiger charge is -2.09. The van der Waals surface area contributed by atoms with Crippen LogP contribution in [0.5, 0.6) is 0 Å². The van der Waals surface area contributed by atoms with Gasteiger partial charge in [-0.1, -0.05) is 23.7 Å². The summed E-state index contributed by atoms with van der Waals surface area (Å²) >= 11 is 5.89. The molecule has 0 amide bonds. The molecule has 0 aliphatic heterocycles. The zero-order chi connectivity index (χ0) is 21.0. The topological polar surface area (TPSA) is 102 Å². The minimum atomic E-state index is -3.45. The molecule has 0 saturated heterocycles. The number of rotatable bonds is 8. The Kier molecular flexibility index (Phi) is 6.51. The van der Waals surface area contributed by atoms with Gasteiger partial charge in [0.25, 0.3) is 0 Å². The number of aryl methyl sites for hydroxylation is 1. The van der Waals surface area contributed by atoms with Crippen LogP contribution in [0.15, 0.2) is 36.4 Å². The van der Waals surface area contributed by atoms with Crippen LogP contribution in [0.3, 0.4) is 0 Å². The number of sulfonamides is 1. The van der Waals surface area contributed by atoms with Crippen molar-refractivity contribution in [3.05, 3.63) is 63.9 Å². The molecular formula is C19H23ClN6O2S. The maximum absolute atomic E-state index is 12.2. The Morgan fingerprint density at radius 1 is 1.07 bits per heavy atom. The number of benzene rings is 1. The highest BCUT2D eigenvalue weighted by molar-refractivity contribution is 7.88. The Bertz CT molecular complexity index is 1100. The van der Waals surface area contributed by atoms with E-state index < -0.39 is 10.0 Å². The summed E-state index contributed by atoms with van der Waals surface area (Å²) in [7, 11) is -3.45. The smallest absolute Gasteiger partial charge is 0.215 e. The van der Waals surface area contributed by atoms with Gasteiger partial charge in [-0.15, -0.1) is 10.2 Å². The minimum absolute atomic E-state index is 0.121. The van der Waals surface area contributed by atoms with E-state index in [0.717, 1.165) is 17.0 Å². The maximum Gasteiger partial charge on any atom is 0.215 e. The Balaban J connectivity index is 1.51. The Morgan fingerprint density at radius 2 is 1.86 bits per heavy atom. The number of hydrogen-bond acceptors (Lipinski definition) is 6. The van der Waals surface area contributed by atoms with E-state index in [4.69, 9.17) is 11.6 Å². The van der Waals surface area contributed by atoms with Crippen molar-refractivity contribution in [3.8, 4) is 5.82 Å². The van der Waals surface area contributed by atoms with Gasteiger partial charge in [0.05, 0.1) is 11.4 Å². The third-order valence-corrected chi connectivity index (χ3v) is 6.11. The number of anilines is 1. The summed E-state index contributed by atoms with van der Waals surface area (Å²) in [5, 5.41) is 16.3. The van der Waals surface area contributed by atoms with Crippen molar-refractivity contribution in [1.29, 1.82) is 0 Å². The summed E-state index contributed by atoms with van der Waals surface area (Å²) in [5.41, 5.74) is 3.74. The maximum atomic E-state index is 12.2. The van der Waals surface area contributed by atoms with Gasteiger partial charge in [0, 0.05) is 23.8 Å². The van der Waals surface area contributed by atoms with Gasteiger partial charge in [-0.05, 0) is 56.2 Å². The molecule has 10 heteroatoms. The predicted molar refractivity (Wildman–Crippen MR) is 114 cm³/mol. The van der Waals surface area contributed by atoms with Gasteiger partial charge in [0.2, 0.25) is 10.0 Å². The number of hydrogen-bond donors (Lipinski definition) is 2. The molecule has 2 N–H and O–H groups in total. The molecule has 154 valence electrons. The summed E-state index contributed by atoms with van der Waals surface area (Å²) in [6.07, 6.45) is 0. The highest BCUT2D eigenvalue weighted by atomic mass is 35.5. The molecule has 0 aliphatic carbocycles. The average molecular weight is 435 g/mol. The molecule has 0 fully saturated rings. The number of nitrogens with one attached hydrogen (secondary N) is 2. The highest BCUT2D eigenvalue weighted by Crippen LogP contribution is 2.15. The Labute approximate surface area is 175 Å². The molecular weight excluding hydrogens is 412 g/mol. The summed E-state index contributed by atoms with van der Waals surface area (Å²) in [6, 6.07) is 10.4. The van der Waals surface area contributed by atoms with Gasteiger partial charge < -0.3 is 5.32 Å². The summed E-state index contributed by atoms with van der Waals surface area (Å²) < 4.78 is 28.6. The van der Waals surface area contributed by atoms with Crippen LogP contribution in [0.1, 0.15) is 22.5 Å². The predicted octanol–water partition coefficient (Wildman–Crippen LogP) is 2.77. The first-order valence-electron chi connectivity index (χ1n) is 9.08. The summed E-state index contributed by atoms with van der Waals surface area (Å²) in [6.45, 7) is 6.56. The lowest BCUT2D eigenvalue weighted by atomic mass is 10.2. The average Bonchev–Trinajstić information content (AvgIpc) is 2.93. The van der Waals surface area contributed by atoms with Crippen LogP contribution in [0.4, 0.5) is 5.82 Å². The molecule has 0 spiro atoms. The largest absolute Gasteiger partial charge is 0.367 e. The van der Waals surface area contributed by atoms with E-state index >= 15 is 0 Å². The van der Waals surface area contributed by atoms with E-state index in [1.54, 1.807) is 35.0 Å². The van der Waals surface area contributed by atoms with Crippen LogP contribution < -0.4 is 10.0 Å². The molecule has 0 bridgehead atoms. The minimum Gasteiger partial charge on any atom is -0.367 e. The quantitative estimate of drug-likeness (QED) is 0.528. The van der Waals surface area contributed by atoms with E-state index in [9.17, 15) is 8.42 Å². The van der Waals surface area contributed by atoms with Gasteiger partial charge in [0.1, 0.15) is 5.82 Å². The normalized spacial score (nSPS) is 11.6. The molecule has 2 aromatic heterocycles. The van der Waals surface area contributed by atoms with Crippen molar-refractivity contribution in [3.63, 3.8) is 0 Å². The van der Waals surface area contributed by atoms with Crippen LogP contribution >= 0.6 is 11.6 Å². The first-order valence-corrected chi connectivity index (χ1v) is 11.1. The van der Waals surface area contributed by atoms with Crippen molar-refractivity contribution in [2.75, 3.05) is 18.4 Å². The second kappa shape index (κ2) is 8.89. The van der Waals surface area contributed by atoms with Gasteiger partial charge in [-0.2, -0.15) is 5.10 Å². The molecule has 3 rings (SSSR count). The SMILES string of the molecule is Cc1nn(-c2ccc(NCCNS(=O)(=O)Cc3cccc(Cl)c3)nn2)c(C)c1C. The molecule has 0 unspecified atom stereocenters. The Morgan fingerprint density at radius 3 is 2.48 bits per heavy atom. The lowest BCUT2D eigenvalue weighted by Crippen LogP contribution is -2.30. The van der Waals surface area contributed by atoms with Gasteiger partial charge >= 0.3 is 0 Å². The standard InChI is InChI=1S/C19H23ClN6O2S/c1-13-14(2)25-26(15(13)3)19-8-7-18(23-24-19)21-9-10-22-29(27,28)12-16-5-4-6-17(20)11-16/h4-8,11,22H,9-10,12H2,1-3H3,(H,21,23). The molecule has 0 aliphatic rings. The fraction of sp³-hybridized carbons (Fsp3) is 0.316. The van der Waals surface area contributed by atoms with Crippen LogP contribution in [-0.4, -0.2) is 41.5 Å². The monoisotopic (exact) mass is 434 g/mol. The molecule has 3 aromatic rings. The molecule has 0 saturated carbocycles. The second-order valence-corrected chi connectivity index (χ2v) is 8.94. The number of halogens is 1. The second-order valence-electron chi connectivity index (χ2n) is 6.69. The molecule has 8 nitrogen and oxygen atoms in total. The summed E-state index contributed by atoms with van der Waals surface area (Å²) in [5.74, 6) is 1.07. The van der Waals surface area contributed by atoms with E-state index in [2.05, 4.69) is 25.3 Å². The van der Waals surface area contributed by atoms with Crippen molar-refractivity contribution in [2.24, 2.45) is 0 Å². The van der Waals surface area contributed by atoms with Crippen molar-refractivity contribution in [1.82, 2.24) is 24.7 Å². The fourth-order valence-electron chi connectivity index (χ4n) is 2.77. The molecule has 0 radical (unpaired) electrons. The fourth-order valence-corrected chi connectivity index (χ4v) is 4.12. The van der Waals surface area contributed by atoms with Crippen molar-refractivity contribution < 1.29 is 8.42 Å². The Hall–Kier alpha value is -2.49. The van der Waals surface area contributed by atoms with E-state index in [0.29, 0.717) is 28.8 Å². The van der Waals surface area contributed by atoms with Crippen LogP contribution in [-0.2, 0) is 15.8 Å². The van der Waals surface area contributed by atoms with Gasteiger partial charge in [-0.25, -0.2) is 17.8 Å². The van der Waals surface area contributed by atoms with Crippen LogP contribution in [0.2, 0.25) is 5.02 Å². The van der Waals surface area contributed by atoms with Crippen LogP contribution in [0.25, 0.3) is 5.82 Å². The van der Waals surface area contributed by atoms with Crippen molar-refractivity contribution in [2.45, 2.75) is 26.5 Å². The zero-order valence-electron chi connectivity index (χ0n) is 16.5. The first-order chi connectivity index (χ1) is 13.7. The molecule has 2 heterocycles. The third-order valence-electron chi connectivity index (χ3n) is 4.52. The first kappa shape index (κ1) is 21.2. The third kappa shape index (κ3) is 5.53. The highest BCUT2D eigenvalue weighted by Gasteiger charge is 2.12. The van der Waals surface area contributed by atoms with Gasteiger partial charge in [0.15, 0.2) is 5.82 Å². The van der Waals surface area contributed by atoms with Gasteiger partial charge in [-0.3, -0.25) is 0 Å². The molecule has 29 heavy (non-hydrogen) atoms. The zero-order valence-corrected chi connectivity index (χ0v) is 18.0. The summed E-state index contributed by atoms with van der Waals surface area (Å²) in [4.78, 5) is 0. The van der Waals surface area contributed by atoms with E-state index in [-0.39, 0.29) is 12.3 Å². The molecule has 1 aromatic carbocycles. The number of nitrogens with zero attached hydrogens (tertiary/aromatic N) is 4. The lowest BCUT2D eigenvalue weighted by molar-refractivity contribution is 0.582. The van der Waals surface area contributed by atoms with Crippen molar-refractivity contribution >= 4 is 27.4 Å². The van der Waals surface area contributed by atoms with E-state index in [1.807, 2.05) is 26.8 Å².